The van der Waals surface area contributed by atoms with Gasteiger partial charge < -0.3 is 9.15 Å². The van der Waals surface area contributed by atoms with Crippen molar-refractivity contribution in [2.75, 3.05) is 6.54 Å². The van der Waals surface area contributed by atoms with E-state index in [-0.39, 0.29) is 30.3 Å². The smallest absolute Gasteiger partial charge is 0.336 e. The molecule has 0 radical (unpaired) electrons. The molecule has 2 aliphatic rings. The number of carbonyl (C=O) groups is 1. The van der Waals surface area contributed by atoms with Crippen molar-refractivity contribution in [2.45, 2.75) is 43.6 Å². The molecule has 8 nitrogen and oxygen atoms in total. The molecule has 1 aliphatic carbocycles. The minimum atomic E-state index is -3.58. The van der Waals surface area contributed by atoms with Crippen LogP contribution in [0.5, 0.6) is 0 Å². The minimum Gasteiger partial charge on any atom is -0.461 e. The zero-order chi connectivity index (χ0) is 23.0. The van der Waals surface area contributed by atoms with Crippen LogP contribution in [0.1, 0.15) is 41.5 Å². The number of amidine groups is 1. The molecule has 1 aliphatic heterocycles. The third kappa shape index (κ3) is 4.28. The number of nitrogens with one attached hydrogen (secondary N) is 1. The molecule has 33 heavy (non-hydrogen) atoms. The fourth-order valence-electron chi connectivity index (χ4n) is 4.31. The van der Waals surface area contributed by atoms with Crippen LogP contribution < -0.4 is 10.3 Å². The van der Waals surface area contributed by atoms with E-state index in [1.165, 1.54) is 23.3 Å². The molecule has 9 heteroatoms. The van der Waals surface area contributed by atoms with Gasteiger partial charge in [-0.3, -0.25) is 14.5 Å². The topological polar surface area (TPSA) is 115 Å². The van der Waals surface area contributed by atoms with Crippen LogP contribution in [-0.4, -0.2) is 26.8 Å². The molecular weight excluding hydrogens is 444 g/mol. The van der Waals surface area contributed by atoms with Gasteiger partial charge in [-0.25, -0.2) is 13.2 Å². The Balaban J connectivity index is 1.20. The van der Waals surface area contributed by atoms with E-state index in [0.717, 1.165) is 24.6 Å². The Morgan fingerprint density at radius 3 is 2.76 bits per heavy atom. The minimum absolute atomic E-state index is 0.0125. The Morgan fingerprint density at radius 2 is 1.91 bits per heavy atom. The Bertz CT molecular complexity index is 1460. The molecule has 1 N–H and O–H groups in total. The lowest BCUT2D eigenvalue weighted by molar-refractivity contribution is -0.145. The van der Waals surface area contributed by atoms with Gasteiger partial charge >= 0.3 is 11.6 Å². The zero-order valence-electron chi connectivity index (χ0n) is 17.8. The molecule has 0 bridgehead atoms. The number of aryl methyl sites for hydroxylation is 2. The van der Waals surface area contributed by atoms with Crippen LogP contribution in [0.2, 0.25) is 0 Å². The summed E-state index contributed by atoms with van der Waals surface area (Å²) in [6, 6.07) is 11.9. The maximum Gasteiger partial charge on any atom is 0.336 e. The van der Waals surface area contributed by atoms with E-state index >= 15 is 0 Å². The van der Waals surface area contributed by atoms with Crippen molar-refractivity contribution in [3.05, 3.63) is 75.1 Å². The van der Waals surface area contributed by atoms with Crippen LogP contribution in [0.25, 0.3) is 11.0 Å². The van der Waals surface area contributed by atoms with Crippen LogP contribution in [0.4, 0.5) is 0 Å². The first kappa shape index (κ1) is 21.4. The van der Waals surface area contributed by atoms with Gasteiger partial charge in [-0.15, -0.1) is 0 Å². The molecule has 0 unspecified atom stereocenters. The van der Waals surface area contributed by atoms with Gasteiger partial charge in [-0.05, 0) is 61.1 Å². The summed E-state index contributed by atoms with van der Waals surface area (Å²) >= 11 is 0. The van der Waals surface area contributed by atoms with Crippen molar-refractivity contribution >= 4 is 32.8 Å². The van der Waals surface area contributed by atoms with E-state index in [1.807, 2.05) is 12.1 Å². The second-order valence-electron chi connectivity index (χ2n) is 8.16. The number of ether oxygens (including phenoxy) is 1. The Labute approximate surface area is 190 Å². The molecule has 1 aromatic heterocycles. The lowest BCUT2D eigenvalue weighted by Crippen LogP contribution is -2.22. The number of aliphatic imine (C=N–C) groups is 1. The number of benzene rings is 2. The lowest BCUT2D eigenvalue weighted by Gasteiger charge is -2.09. The molecule has 2 aromatic carbocycles. The fourth-order valence-corrected chi connectivity index (χ4v) is 5.56. The molecule has 0 fully saturated rings. The molecule has 3 aromatic rings. The third-order valence-corrected chi connectivity index (χ3v) is 7.30. The highest BCUT2D eigenvalue weighted by atomic mass is 32.2. The monoisotopic (exact) mass is 466 g/mol. The van der Waals surface area contributed by atoms with E-state index in [0.29, 0.717) is 23.1 Å². The Morgan fingerprint density at radius 1 is 1.12 bits per heavy atom. The molecule has 0 atom stereocenters. The number of hydrogen-bond donors (Lipinski definition) is 1. The van der Waals surface area contributed by atoms with Crippen molar-refractivity contribution in [3.63, 3.8) is 0 Å². The summed E-state index contributed by atoms with van der Waals surface area (Å²) in [5.74, 6) is -0.126. The molecule has 170 valence electrons. The van der Waals surface area contributed by atoms with E-state index < -0.39 is 21.6 Å². The van der Waals surface area contributed by atoms with Crippen molar-refractivity contribution < 1.29 is 22.4 Å². The standard InChI is InChI=1S/C24H22N2O6S/c27-22(9-4-10-25-24-18-7-1-2-8-21(18)33(29,30)26-24)31-14-17-13-23(28)32-20-12-16-6-3-5-15(16)11-19(17)20/h1-2,7-8,11-13H,3-6,9-10,14H2,(H,25,26). The first-order chi connectivity index (χ1) is 15.9. The van der Waals surface area contributed by atoms with Crippen LogP contribution in [0, 0.1) is 0 Å². The number of nitrogens with zero attached hydrogens (tertiary/aromatic N) is 1. The average Bonchev–Trinajstić information content (AvgIpc) is 3.35. The fraction of sp³-hybridized carbons (Fsp3) is 0.292. The number of rotatable bonds is 6. The van der Waals surface area contributed by atoms with Crippen LogP contribution in [0.15, 0.2) is 61.6 Å². The Hall–Kier alpha value is -3.46. The number of carbonyl (C=O) groups excluding carboxylic acids is 1. The van der Waals surface area contributed by atoms with Crippen LogP contribution in [-0.2, 0) is 39.0 Å². The summed E-state index contributed by atoms with van der Waals surface area (Å²) in [4.78, 5) is 28.7. The highest BCUT2D eigenvalue weighted by Crippen LogP contribution is 2.29. The van der Waals surface area contributed by atoms with Gasteiger partial charge in [0.15, 0.2) is 0 Å². The predicted octanol–water partition coefficient (Wildman–Crippen LogP) is 2.84. The number of sulfonamides is 1. The number of hydrogen-bond acceptors (Lipinski definition) is 7. The summed E-state index contributed by atoms with van der Waals surface area (Å²) < 4.78 is 37.4. The van der Waals surface area contributed by atoms with E-state index in [4.69, 9.17) is 9.15 Å². The summed E-state index contributed by atoms with van der Waals surface area (Å²) in [5.41, 5.74) is 3.65. The molecule has 0 spiro atoms. The Kier molecular flexibility index (Phi) is 5.49. The van der Waals surface area contributed by atoms with Crippen molar-refractivity contribution in [1.29, 1.82) is 0 Å². The second kappa shape index (κ2) is 8.47. The predicted molar refractivity (Wildman–Crippen MR) is 122 cm³/mol. The lowest BCUT2D eigenvalue weighted by atomic mass is 10.0. The van der Waals surface area contributed by atoms with Gasteiger partial charge in [0, 0.05) is 35.5 Å². The van der Waals surface area contributed by atoms with Crippen LogP contribution in [0.3, 0.4) is 0 Å². The van der Waals surface area contributed by atoms with E-state index in [2.05, 4.69) is 9.71 Å². The molecule has 0 saturated heterocycles. The average molecular weight is 467 g/mol. The van der Waals surface area contributed by atoms with Gasteiger partial charge in [0.2, 0.25) is 0 Å². The number of esters is 1. The van der Waals surface area contributed by atoms with Gasteiger partial charge in [-0.1, -0.05) is 12.1 Å². The van der Waals surface area contributed by atoms with Gasteiger partial charge in [0.1, 0.15) is 18.0 Å². The largest absolute Gasteiger partial charge is 0.461 e. The highest BCUT2D eigenvalue weighted by Gasteiger charge is 2.29. The van der Waals surface area contributed by atoms with E-state index in [9.17, 15) is 18.0 Å². The maximum atomic E-state index is 12.2. The SMILES string of the molecule is O=C(CCCN=C1NS(=O)(=O)c2ccccc21)OCc1cc(=O)oc2cc3c(cc12)CCC3. The van der Waals surface area contributed by atoms with Crippen molar-refractivity contribution in [1.82, 2.24) is 4.72 Å². The van der Waals surface area contributed by atoms with E-state index in [1.54, 1.807) is 18.2 Å². The first-order valence-corrected chi connectivity index (χ1v) is 12.3. The van der Waals surface area contributed by atoms with Gasteiger partial charge in [0.25, 0.3) is 10.0 Å². The second-order valence-corrected chi connectivity index (χ2v) is 9.81. The quantitative estimate of drug-likeness (QED) is 0.339. The summed E-state index contributed by atoms with van der Waals surface area (Å²) in [6.07, 6.45) is 3.58. The summed E-state index contributed by atoms with van der Waals surface area (Å²) in [6.45, 7) is 0.257. The first-order valence-electron chi connectivity index (χ1n) is 10.8. The molecule has 5 rings (SSSR count). The normalized spacial score (nSPS) is 17.0. The molecule has 2 heterocycles. The third-order valence-electron chi connectivity index (χ3n) is 5.90. The summed E-state index contributed by atoms with van der Waals surface area (Å²) in [5, 5.41) is 0.793. The van der Waals surface area contributed by atoms with Crippen molar-refractivity contribution in [3.8, 4) is 0 Å². The summed E-state index contributed by atoms with van der Waals surface area (Å²) in [7, 11) is -3.58. The highest BCUT2D eigenvalue weighted by molar-refractivity contribution is 7.90. The molecule has 0 saturated carbocycles. The zero-order valence-corrected chi connectivity index (χ0v) is 18.6. The van der Waals surface area contributed by atoms with Gasteiger partial charge in [0.05, 0.1) is 4.90 Å². The maximum absolute atomic E-state index is 12.2. The molecular formula is C24H22N2O6S. The van der Waals surface area contributed by atoms with Crippen molar-refractivity contribution in [2.24, 2.45) is 4.99 Å². The van der Waals surface area contributed by atoms with Gasteiger partial charge in [-0.2, -0.15) is 0 Å². The number of fused-ring (bicyclic) bond motifs is 3. The van der Waals surface area contributed by atoms with Crippen LogP contribution >= 0.6 is 0 Å². The molecule has 0 amide bonds.